The molecule has 0 radical (unpaired) electrons. The topological polar surface area (TPSA) is 17.1 Å². The molecular formula is C13H16OS. The molecule has 2 heteroatoms. The van der Waals surface area contributed by atoms with Crippen molar-refractivity contribution in [1.82, 2.24) is 0 Å². The molecule has 0 bridgehead atoms. The molecule has 0 saturated carbocycles. The SMILES string of the molecule is CSCCCC1Cc2ccccc2C1=O. The Morgan fingerprint density at radius 1 is 1.40 bits per heavy atom. The van der Waals surface area contributed by atoms with Crippen molar-refractivity contribution in [3.63, 3.8) is 0 Å². The zero-order chi connectivity index (χ0) is 10.7. The van der Waals surface area contributed by atoms with Gasteiger partial charge in [0.2, 0.25) is 0 Å². The Hall–Kier alpha value is -0.760. The summed E-state index contributed by atoms with van der Waals surface area (Å²) in [5, 5.41) is 0. The number of thioether (sulfide) groups is 1. The summed E-state index contributed by atoms with van der Waals surface area (Å²) in [7, 11) is 0. The van der Waals surface area contributed by atoms with Gasteiger partial charge in [0, 0.05) is 11.5 Å². The lowest BCUT2D eigenvalue weighted by molar-refractivity contribution is 0.0930. The minimum atomic E-state index is 0.259. The molecule has 0 aliphatic heterocycles. The predicted octanol–water partition coefficient (Wildman–Crippen LogP) is 3.18. The number of carbonyl (C=O) groups excluding carboxylic acids is 1. The molecule has 0 spiro atoms. The second-order valence-electron chi connectivity index (χ2n) is 4.06. The summed E-state index contributed by atoms with van der Waals surface area (Å²) in [6.07, 6.45) is 5.29. The first-order valence-corrected chi connectivity index (χ1v) is 6.83. The Morgan fingerprint density at radius 2 is 2.20 bits per heavy atom. The van der Waals surface area contributed by atoms with Crippen molar-refractivity contribution in [2.75, 3.05) is 12.0 Å². The molecule has 0 fully saturated rings. The minimum Gasteiger partial charge on any atom is -0.294 e. The highest BCUT2D eigenvalue weighted by molar-refractivity contribution is 7.98. The lowest BCUT2D eigenvalue weighted by Crippen LogP contribution is -2.09. The van der Waals surface area contributed by atoms with Crippen LogP contribution in [-0.4, -0.2) is 17.8 Å². The van der Waals surface area contributed by atoms with E-state index in [-0.39, 0.29) is 5.92 Å². The van der Waals surface area contributed by atoms with Gasteiger partial charge in [-0.3, -0.25) is 4.79 Å². The maximum Gasteiger partial charge on any atom is 0.166 e. The number of carbonyl (C=O) groups is 1. The Kier molecular flexibility index (Phi) is 3.47. The van der Waals surface area contributed by atoms with Gasteiger partial charge in [-0.05, 0) is 36.8 Å². The van der Waals surface area contributed by atoms with Crippen LogP contribution in [0.1, 0.15) is 28.8 Å². The van der Waals surface area contributed by atoms with E-state index in [1.165, 1.54) is 11.3 Å². The molecule has 1 aromatic carbocycles. The quantitative estimate of drug-likeness (QED) is 0.725. The molecule has 0 saturated heterocycles. The first-order chi connectivity index (χ1) is 7.33. The second kappa shape index (κ2) is 4.84. The molecule has 2 rings (SSSR count). The average molecular weight is 220 g/mol. The van der Waals surface area contributed by atoms with Crippen molar-refractivity contribution < 1.29 is 4.79 Å². The summed E-state index contributed by atoms with van der Waals surface area (Å²) in [4.78, 5) is 12.0. The van der Waals surface area contributed by atoms with E-state index in [1.807, 2.05) is 30.0 Å². The Balaban J connectivity index is 2.01. The first kappa shape index (κ1) is 10.7. The van der Waals surface area contributed by atoms with E-state index in [0.717, 1.165) is 24.8 Å². The minimum absolute atomic E-state index is 0.259. The molecule has 80 valence electrons. The number of rotatable bonds is 4. The van der Waals surface area contributed by atoms with Gasteiger partial charge in [-0.1, -0.05) is 24.3 Å². The molecule has 1 atom stereocenters. The van der Waals surface area contributed by atoms with Gasteiger partial charge in [-0.15, -0.1) is 0 Å². The van der Waals surface area contributed by atoms with Crippen molar-refractivity contribution in [3.05, 3.63) is 35.4 Å². The molecule has 1 nitrogen and oxygen atoms in total. The third-order valence-corrected chi connectivity index (χ3v) is 3.72. The van der Waals surface area contributed by atoms with Crippen LogP contribution < -0.4 is 0 Å². The fraction of sp³-hybridized carbons (Fsp3) is 0.462. The molecule has 0 aromatic heterocycles. The molecule has 15 heavy (non-hydrogen) atoms. The fourth-order valence-corrected chi connectivity index (χ4v) is 2.68. The maximum absolute atomic E-state index is 12.0. The van der Waals surface area contributed by atoms with Crippen LogP contribution >= 0.6 is 11.8 Å². The average Bonchev–Trinajstić information content (AvgIpc) is 2.57. The Morgan fingerprint density at radius 3 is 2.93 bits per heavy atom. The van der Waals surface area contributed by atoms with E-state index >= 15 is 0 Å². The number of fused-ring (bicyclic) bond motifs is 1. The highest BCUT2D eigenvalue weighted by Crippen LogP contribution is 2.29. The van der Waals surface area contributed by atoms with E-state index in [0.29, 0.717) is 5.78 Å². The molecule has 1 aromatic rings. The molecule has 0 N–H and O–H groups in total. The number of Topliss-reactive ketones (excluding diaryl/α,β-unsaturated/α-hetero) is 1. The molecular weight excluding hydrogens is 204 g/mol. The predicted molar refractivity (Wildman–Crippen MR) is 65.6 cm³/mol. The number of ketones is 1. The van der Waals surface area contributed by atoms with Crippen molar-refractivity contribution in [1.29, 1.82) is 0 Å². The van der Waals surface area contributed by atoms with Crippen LogP contribution in [-0.2, 0) is 6.42 Å². The van der Waals surface area contributed by atoms with E-state index in [9.17, 15) is 4.79 Å². The molecule has 0 amide bonds. The smallest absolute Gasteiger partial charge is 0.166 e. The van der Waals surface area contributed by atoms with Crippen LogP contribution in [0, 0.1) is 5.92 Å². The highest BCUT2D eigenvalue weighted by atomic mass is 32.2. The summed E-state index contributed by atoms with van der Waals surface area (Å²) in [6, 6.07) is 8.03. The van der Waals surface area contributed by atoms with Gasteiger partial charge in [0.05, 0.1) is 0 Å². The van der Waals surface area contributed by atoms with Gasteiger partial charge in [-0.25, -0.2) is 0 Å². The van der Waals surface area contributed by atoms with Crippen LogP contribution in [0.25, 0.3) is 0 Å². The van der Waals surface area contributed by atoms with Gasteiger partial charge in [0.25, 0.3) is 0 Å². The van der Waals surface area contributed by atoms with Crippen LogP contribution in [0.4, 0.5) is 0 Å². The van der Waals surface area contributed by atoms with Gasteiger partial charge in [0.15, 0.2) is 5.78 Å². The second-order valence-corrected chi connectivity index (χ2v) is 5.04. The monoisotopic (exact) mass is 220 g/mol. The van der Waals surface area contributed by atoms with E-state index in [1.54, 1.807) is 0 Å². The number of hydrogen-bond donors (Lipinski definition) is 0. The van der Waals surface area contributed by atoms with Crippen LogP contribution in [0.15, 0.2) is 24.3 Å². The first-order valence-electron chi connectivity index (χ1n) is 5.44. The van der Waals surface area contributed by atoms with Crippen LogP contribution in [0.3, 0.4) is 0 Å². The largest absolute Gasteiger partial charge is 0.294 e. The van der Waals surface area contributed by atoms with Crippen molar-refractivity contribution in [3.8, 4) is 0 Å². The normalized spacial score (nSPS) is 19.3. The van der Waals surface area contributed by atoms with Crippen LogP contribution in [0.2, 0.25) is 0 Å². The molecule has 1 aliphatic carbocycles. The molecule has 0 heterocycles. The molecule has 1 unspecified atom stereocenters. The van der Waals surface area contributed by atoms with Crippen molar-refractivity contribution >= 4 is 17.5 Å². The van der Waals surface area contributed by atoms with Crippen LogP contribution in [0.5, 0.6) is 0 Å². The van der Waals surface area contributed by atoms with Crippen molar-refractivity contribution in [2.45, 2.75) is 19.3 Å². The van der Waals surface area contributed by atoms with E-state index < -0.39 is 0 Å². The van der Waals surface area contributed by atoms with Crippen molar-refractivity contribution in [2.24, 2.45) is 5.92 Å². The Labute approximate surface area is 95.3 Å². The lowest BCUT2D eigenvalue weighted by atomic mass is 10.00. The zero-order valence-electron chi connectivity index (χ0n) is 9.03. The highest BCUT2D eigenvalue weighted by Gasteiger charge is 2.29. The van der Waals surface area contributed by atoms with Gasteiger partial charge in [0.1, 0.15) is 0 Å². The summed E-state index contributed by atoms with van der Waals surface area (Å²) >= 11 is 1.86. The lowest BCUT2D eigenvalue weighted by Gasteiger charge is -2.05. The Bertz CT molecular complexity index is 359. The number of hydrogen-bond acceptors (Lipinski definition) is 2. The summed E-state index contributed by atoms with van der Waals surface area (Å²) in [5.41, 5.74) is 2.21. The van der Waals surface area contributed by atoms with Gasteiger partial charge in [-0.2, -0.15) is 11.8 Å². The van der Waals surface area contributed by atoms with E-state index in [2.05, 4.69) is 12.3 Å². The van der Waals surface area contributed by atoms with E-state index in [4.69, 9.17) is 0 Å². The summed E-state index contributed by atoms with van der Waals surface area (Å²) < 4.78 is 0. The summed E-state index contributed by atoms with van der Waals surface area (Å²) in [6.45, 7) is 0. The molecule has 1 aliphatic rings. The van der Waals surface area contributed by atoms with Gasteiger partial charge >= 0.3 is 0 Å². The third kappa shape index (κ3) is 2.25. The zero-order valence-corrected chi connectivity index (χ0v) is 9.85. The van der Waals surface area contributed by atoms with Gasteiger partial charge < -0.3 is 0 Å². The maximum atomic E-state index is 12.0. The standard InChI is InChI=1S/C13H16OS/c1-15-8-4-6-11-9-10-5-2-3-7-12(10)13(11)14/h2-3,5,7,11H,4,6,8-9H2,1H3. The third-order valence-electron chi connectivity index (χ3n) is 3.02. The summed E-state index contributed by atoms with van der Waals surface area (Å²) in [5.74, 6) is 1.79. The fourth-order valence-electron chi connectivity index (χ4n) is 2.22. The number of benzene rings is 1.